The first-order valence-corrected chi connectivity index (χ1v) is 12.8. The number of aromatic nitrogens is 4. The number of thiophene rings is 1. The Hall–Kier alpha value is -4.28. The van der Waals surface area contributed by atoms with Crippen molar-refractivity contribution in [2.45, 2.75) is 33.9 Å². The van der Waals surface area contributed by atoms with Gasteiger partial charge in [0.1, 0.15) is 48.9 Å². The van der Waals surface area contributed by atoms with Gasteiger partial charge in [-0.15, -0.1) is 11.3 Å². The van der Waals surface area contributed by atoms with Crippen LogP contribution in [-0.2, 0) is 27.2 Å². The Morgan fingerprint density at radius 3 is 2.14 bits per heavy atom. The molecule has 10 heteroatoms. The van der Waals surface area contributed by atoms with Crippen molar-refractivity contribution in [2.24, 2.45) is 24.3 Å². The molecule has 1 aromatic carbocycles. The fraction of sp³-hybridized carbons (Fsp3) is 0.333. The van der Waals surface area contributed by atoms with Crippen LogP contribution in [0.2, 0.25) is 0 Å². The maximum absolute atomic E-state index is 9.31. The number of rotatable bonds is 9. The minimum Gasteiger partial charge on any atom is -0.363 e. The van der Waals surface area contributed by atoms with Gasteiger partial charge in [-0.1, -0.05) is 0 Å². The van der Waals surface area contributed by atoms with Crippen molar-refractivity contribution in [1.29, 1.82) is 5.26 Å². The Morgan fingerprint density at radius 2 is 1.62 bits per heavy atom. The van der Waals surface area contributed by atoms with Gasteiger partial charge in [0.15, 0.2) is 0 Å². The number of anilines is 1. The molecule has 0 amide bonds. The molecule has 0 aliphatic heterocycles. The van der Waals surface area contributed by atoms with E-state index in [2.05, 4.69) is 79.3 Å². The number of nitrogens with zero attached hydrogens (tertiary/aromatic N) is 9. The number of aryl methyl sites for hydroxylation is 4. The van der Waals surface area contributed by atoms with Gasteiger partial charge >= 0.3 is 0 Å². The van der Waals surface area contributed by atoms with Crippen molar-refractivity contribution in [3.8, 4) is 6.07 Å². The van der Waals surface area contributed by atoms with Crippen molar-refractivity contribution in [2.75, 3.05) is 18.0 Å². The summed E-state index contributed by atoms with van der Waals surface area (Å²) >= 11 is 1.21. The highest BCUT2D eigenvalue weighted by Crippen LogP contribution is 2.42. The monoisotopic (exact) mass is 513 g/mol. The number of nitriles is 1. The van der Waals surface area contributed by atoms with E-state index >= 15 is 0 Å². The zero-order valence-electron chi connectivity index (χ0n) is 21.9. The van der Waals surface area contributed by atoms with Gasteiger partial charge < -0.3 is 4.90 Å². The Labute approximate surface area is 221 Å². The average molecular weight is 514 g/mol. The van der Waals surface area contributed by atoms with Crippen molar-refractivity contribution in [3.05, 3.63) is 82.6 Å². The molecule has 0 fully saturated rings. The summed E-state index contributed by atoms with van der Waals surface area (Å²) in [4.78, 5) is 6.49. The molecule has 0 unspecified atom stereocenters. The summed E-state index contributed by atoms with van der Waals surface area (Å²) in [6.07, 6.45) is 12.5. The van der Waals surface area contributed by atoms with Gasteiger partial charge in [-0.05, 0) is 49.6 Å². The highest BCUT2D eigenvalue weighted by Gasteiger charge is 2.17. The van der Waals surface area contributed by atoms with Crippen molar-refractivity contribution in [3.63, 3.8) is 0 Å². The van der Waals surface area contributed by atoms with Crippen LogP contribution >= 0.6 is 11.3 Å². The molecule has 0 N–H and O–H groups in total. The Morgan fingerprint density at radius 1 is 1.00 bits per heavy atom. The van der Waals surface area contributed by atoms with E-state index in [4.69, 9.17) is 6.57 Å². The number of benzene rings is 1. The van der Waals surface area contributed by atoms with Gasteiger partial charge in [0.2, 0.25) is 18.3 Å². The molecule has 0 aliphatic carbocycles. The van der Waals surface area contributed by atoms with Gasteiger partial charge in [0.25, 0.3) is 0 Å². The van der Waals surface area contributed by atoms with E-state index in [-0.39, 0.29) is 0 Å². The second kappa shape index (κ2) is 11.2. The fourth-order valence-corrected chi connectivity index (χ4v) is 5.09. The van der Waals surface area contributed by atoms with Crippen LogP contribution < -0.4 is 14.0 Å². The number of hydrogen-bond donors (Lipinski definition) is 0. The van der Waals surface area contributed by atoms with Crippen molar-refractivity contribution < 1.29 is 9.13 Å². The molecule has 0 saturated carbocycles. The molecule has 9 nitrogen and oxygen atoms in total. The predicted octanol–water partition coefficient (Wildman–Crippen LogP) is 4.97. The van der Waals surface area contributed by atoms with Gasteiger partial charge in [-0.2, -0.15) is 15.5 Å². The Bertz CT molecular complexity index is 1480. The average Bonchev–Trinajstić information content (AvgIpc) is 3.57. The maximum Gasteiger partial charge on any atom is 0.243 e. The standard InChI is InChI=1S/C27H31N9S/c1-20-16-24(21(2)15-23(20)30-31-27-26(29-4)22(3)25(17-28)37-27)36(13-11-34-9-7-32(5)18-34)14-12-35-10-8-33(6)19-35/h7-10,15-16,18-19H,11-14H2,1-3,5-6H3/q+2/b31-30+. The summed E-state index contributed by atoms with van der Waals surface area (Å²) in [5, 5.41) is 18.6. The zero-order valence-corrected chi connectivity index (χ0v) is 22.7. The van der Waals surface area contributed by atoms with Crippen LogP contribution in [0.1, 0.15) is 21.6 Å². The molecule has 4 aromatic rings. The second-order valence-corrected chi connectivity index (χ2v) is 10.2. The van der Waals surface area contributed by atoms with Crippen LogP contribution in [0.3, 0.4) is 0 Å². The largest absolute Gasteiger partial charge is 0.363 e. The van der Waals surface area contributed by atoms with Crippen molar-refractivity contribution in [1.82, 2.24) is 9.13 Å². The Balaban J connectivity index is 1.60. The normalized spacial score (nSPS) is 11.1. The van der Waals surface area contributed by atoms with E-state index in [1.54, 1.807) is 6.92 Å². The minimum absolute atomic E-state index is 0.402. The number of imidazole rings is 2. The first-order valence-electron chi connectivity index (χ1n) is 12.0. The first kappa shape index (κ1) is 25.8. The SMILES string of the molecule is [C-]#[N+]c1c(/N=N/c2cc(C)c(N(CCn3cc[n+](C)c3)CCn3cc[n+](C)c3)cc2C)sc(C#N)c1C. The lowest BCUT2D eigenvalue weighted by Crippen LogP contribution is -2.32. The quantitative estimate of drug-likeness (QED) is 0.180. The van der Waals surface area contributed by atoms with Crippen LogP contribution in [0.25, 0.3) is 4.85 Å². The van der Waals surface area contributed by atoms with Crippen LogP contribution in [0.5, 0.6) is 0 Å². The van der Waals surface area contributed by atoms with E-state index in [9.17, 15) is 5.26 Å². The molecule has 0 aliphatic rings. The summed E-state index contributed by atoms with van der Waals surface area (Å²) in [6.45, 7) is 16.8. The number of hydrogen-bond acceptors (Lipinski definition) is 5. The van der Waals surface area contributed by atoms with E-state index in [1.807, 2.05) is 42.5 Å². The summed E-state index contributed by atoms with van der Waals surface area (Å²) in [5.74, 6) is 0. The lowest BCUT2D eigenvalue weighted by atomic mass is 10.1. The first-order chi connectivity index (χ1) is 17.8. The van der Waals surface area contributed by atoms with E-state index in [1.165, 1.54) is 17.0 Å². The highest BCUT2D eigenvalue weighted by atomic mass is 32.1. The molecule has 4 rings (SSSR count). The molecule has 37 heavy (non-hydrogen) atoms. The van der Waals surface area contributed by atoms with Gasteiger partial charge in [0.05, 0.1) is 44.3 Å². The summed E-state index contributed by atoms with van der Waals surface area (Å²) in [6, 6.07) is 6.36. The van der Waals surface area contributed by atoms with E-state index in [0.29, 0.717) is 21.1 Å². The summed E-state index contributed by atoms with van der Waals surface area (Å²) in [7, 11) is 4.06. The number of azo groups is 1. The fourth-order valence-electron chi connectivity index (χ4n) is 4.22. The molecule has 0 radical (unpaired) electrons. The zero-order chi connectivity index (χ0) is 26.5. The Kier molecular flexibility index (Phi) is 7.80. The third kappa shape index (κ3) is 5.93. The van der Waals surface area contributed by atoms with Crippen LogP contribution in [0, 0.1) is 38.7 Å². The lowest BCUT2D eigenvalue weighted by molar-refractivity contribution is -0.671. The summed E-state index contributed by atoms with van der Waals surface area (Å²) < 4.78 is 8.49. The molecule has 0 atom stereocenters. The minimum atomic E-state index is 0.402. The molecule has 188 valence electrons. The topological polar surface area (TPSA) is 73.7 Å². The van der Waals surface area contributed by atoms with Gasteiger partial charge in [-0.25, -0.2) is 23.1 Å². The van der Waals surface area contributed by atoms with Gasteiger partial charge in [-0.3, -0.25) is 0 Å². The molecular weight excluding hydrogens is 482 g/mol. The summed E-state index contributed by atoms with van der Waals surface area (Å²) in [5.41, 5.74) is 5.12. The second-order valence-electron chi connectivity index (χ2n) is 9.18. The highest BCUT2D eigenvalue weighted by molar-refractivity contribution is 7.17. The van der Waals surface area contributed by atoms with Gasteiger partial charge in [0, 0.05) is 5.69 Å². The molecular formula is C27H31N9S+2. The van der Waals surface area contributed by atoms with E-state index in [0.717, 1.165) is 43.0 Å². The lowest BCUT2D eigenvalue weighted by Gasteiger charge is -2.26. The maximum atomic E-state index is 9.31. The predicted molar refractivity (Wildman–Crippen MR) is 144 cm³/mol. The van der Waals surface area contributed by atoms with Crippen LogP contribution in [0.4, 0.5) is 22.1 Å². The third-order valence-corrected chi connectivity index (χ3v) is 7.39. The van der Waals surface area contributed by atoms with E-state index < -0.39 is 0 Å². The van der Waals surface area contributed by atoms with Crippen LogP contribution in [-0.4, -0.2) is 22.2 Å². The molecule has 0 spiro atoms. The smallest absolute Gasteiger partial charge is 0.243 e. The molecule has 0 bridgehead atoms. The van der Waals surface area contributed by atoms with Crippen LogP contribution in [0.15, 0.2) is 59.8 Å². The molecule has 3 heterocycles. The van der Waals surface area contributed by atoms with Crippen molar-refractivity contribution >= 4 is 33.4 Å². The third-order valence-electron chi connectivity index (χ3n) is 6.32. The molecule has 0 saturated heterocycles. The molecule has 3 aromatic heterocycles.